The van der Waals surface area contributed by atoms with Gasteiger partial charge in [0.15, 0.2) is 0 Å². The summed E-state index contributed by atoms with van der Waals surface area (Å²) in [6.45, 7) is 0.945. The van der Waals surface area contributed by atoms with Gasteiger partial charge in [0.1, 0.15) is 5.75 Å². The lowest BCUT2D eigenvalue weighted by Crippen LogP contribution is -2.54. The highest BCUT2D eigenvalue weighted by Gasteiger charge is 2.55. The van der Waals surface area contributed by atoms with Gasteiger partial charge in [0.2, 0.25) is 5.91 Å². The molecule has 4 aliphatic carbocycles. The Balaban J connectivity index is 1.53. The minimum absolute atomic E-state index is 0.197. The minimum Gasteiger partial charge on any atom is -0.497 e. The van der Waals surface area contributed by atoms with E-state index in [1.165, 1.54) is 26.4 Å². The summed E-state index contributed by atoms with van der Waals surface area (Å²) in [7, 11) is 3.05. The molecule has 0 aliphatic heterocycles. The number of benzene rings is 1. The lowest BCUT2D eigenvalue weighted by atomic mass is 9.49. The van der Waals surface area contributed by atoms with Crippen molar-refractivity contribution in [3.8, 4) is 5.75 Å². The number of ether oxygens (including phenoxy) is 2. The van der Waals surface area contributed by atoms with Gasteiger partial charge in [-0.25, -0.2) is 0 Å². The van der Waals surface area contributed by atoms with E-state index in [-0.39, 0.29) is 23.7 Å². The molecule has 4 bridgehead atoms. The normalized spacial score (nSPS) is 30.1. The molecular formula is C23H31NO4. The number of nitrogens with zero attached hydrogens (tertiary/aromatic N) is 1. The molecule has 0 spiro atoms. The first kappa shape index (κ1) is 19.3. The molecule has 5 heteroatoms. The molecule has 0 unspecified atom stereocenters. The maximum Gasteiger partial charge on any atom is 0.307 e. The van der Waals surface area contributed by atoms with Crippen molar-refractivity contribution in [1.82, 2.24) is 4.90 Å². The molecule has 0 heterocycles. The molecule has 1 aromatic rings. The van der Waals surface area contributed by atoms with E-state index >= 15 is 0 Å². The van der Waals surface area contributed by atoms with Crippen LogP contribution in [0.15, 0.2) is 24.3 Å². The maximum absolute atomic E-state index is 13.8. The number of hydrogen-bond acceptors (Lipinski definition) is 4. The number of hydrogen-bond donors (Lipinski definition) is 0. The van der Waals surface area contributed by atoms with Crippen LogP contribution in [-0.2, 0) is 20.9 Å². The summed E-state index contributed by atoms with van der Waals surface area (Å²) in [6, 6.07) is 7.83. The van der Waals surface area contributed by atoms with Crippen LogP contribution in [0.1, 0.15) is 50.5 Å². The minimum atomic E-state index is -0.266. The molecule has 4 saturated carbocycles. The van der Waals surface area contributed by atoms with Crippen LogP contribution in [0.5, 0.6) is 5.75 Å². The molecule has 5 nitrogen and oxygen atoms in total. The van der Waals surface area contributed by atoms with E-state index in [2.05, 4.69) is 0 Å². The van der Waals surface area contributed by atoms with Crippen LogP contribution in [0.3, 0.4) is 0 Å². The van der Waals surface area contributed by atoms with E-state index in [0.717, 1.165) is 48.3 Å². The van der Waals surface area contributed by atoms with Crippen LogP contribution in [0, 0.1) is 23.2 Å². The molecule has 1 aromatic carbocycles. The number of carbonyl (C=O) groups excluding carboxylic acids is 2. The van der Waals surface area contributed by atoms with Gasteiger partial charge in [0.25, 0.3) is 0 Å². The second kappa shape index (κ2) is 7.76. The third-order valence-electron chi connectivity index (χ3n) is 7.13. The zero-order valence-electron chi connectivity index (χ0n) is 17.0. The molecule has 4 aliphatic rings. The molecule has 0 aromatic heterocycles. The van der Waals surface area contributed by atoms with Crippen LogP contribution in [-0.4, -0.2) is 37.5 Å². The highest BCUT2D eigenvalue weighted by Crippen LogP contribution is 2.60. The van der Waals surface area contributed by atoms with E-state index in [1.54, 1.807) is 7.11 Å². The summed E-state index contributed by atoms with van der Waals surface area (Å²) < 4.78 is 10.1. The van der Waals surface area contributed by atoms with Crippen LogP contribution < -0.4 is 4.74 Å². The monoisotopic (exact) mass is 385 g/mol. The van der Waals surface area contributed by atoms with Crippen molar-refractivity contribution in [2.24, 2.45) is 23.2 Å². The zero-order chi connectivity index (χ0) is 19.7. The van der Waals surface area contributed by atoms with Gasteiger partial charge >= 0.3 is 5.97 Å². The molecule has 5 rings (SSSR count). The van der Waals surface area contributed by atoms with Crippen molar-refractivity contribution in [2.75, 3.05) is 20.8 Å². The SMILES string of the molecule is COC(=O)CCN(Cc1ccc(OC)cc1)C(=O)C12CC3CC(CC(C3)C1)C2. The summed E-state index contributed by atoms with van der Waals surface area (Å²) >= 11 is 0. The highest BCUT2D eigenvalue weighted by atomic mass is 16.5. The highest BCUT2D eigenvalue weighted by molar-refractivity contribution is 5.84. The Morgan fingerprint density at radius 3 is 2.07 bits per heavy atom. The number of methoxy groups -OCH3 is 2. The van der Waals surface area contributed by atoms with Gasteiger partial charge in [-0.05, 0) is 74.0 Å². The second-order valence-corrected chi connectivity index (χ2v) is 9.10. The summed E-state index contributed by atoms with van der Waals surface area (Å²) in [6.07, 6.45) is 7.29. The summed E-state index contributed by atoms with van der Waals surface area (Å²) in [5.41, 5.74) is 0.862. The van der Waals surface area contributed by atoms with E-state index in [4.69, 9.17) is 9.47 Å². The molecule has 0 N–H and O–H groups in total. The first-order valence-electron chi connectivity index (χ1n) is 10.5. The summed E-state index contributed by atoms with van der Waals surface area (Å²) in [5, 5.41) is 0. The van der Waals surface area contributed by atoms with Gasteiger partial charge in [-0.1, -0.05) is 12.1 Å². The molecule has 0 atom stereocenters. The fourth-order valence-corrected chi connectivity index (χ4v) is 6.24. The van der Waals surface area contributed by atoms with Crippen LogP contribution in [0.25, 0.3) is 0 Å². The Bertz CT molecular complexity index is 691. The third-order valence-corrected chi connectivity index (χ3v) is 7.13. The number of esters is 1. The molecule has 4 fully saturated rings. The van der Waals surface area contributed by atoms with Gasteiger partial charge in [-0.2, -0.15) is 0 Å². The van der Waals surface area contributed by atoms with Crippen molar-refractivity contribution in [1.29, 1.82) is 0 Å². The zero-order valence-corrected chi connectivity index (χ0v) is 17.0. The Morgan fingerprint density at radius 2 is 1.57 bits per heavy atom. The smallest absolute Gasteiger partial charge is 0.307 e. The maximum atomic E-state index is 13.8. The van der Waals surface area contributed by atoms with Crippen molar-refractivity contribution in [3.63, 3.8) is 0 Å². The lowest BCUT2D eigenvalue weighted by molar-refractivity contribution is -0.159. The number of carbonyl (C=O) groups is 2. The summed E-state index contributed by atoms with van der Waals surface area (Å²) in [4.78, 5) is 27.4. The first-order chi connectivity index (χ1) is 13.5. The van der Waals surface area contributed by atoms with Gasteiger partial charge in [0.05, 0.1) is 26.1 Å². The van der Waals surface area contributed by atoms with Crippen molar-refractivity contribution in [2.45, 2.75) is 51.5 Å². The first-order valence-corrected chi connectivity index (χ1v) is 10.5. The predicted molar refractivity (Wildman–Crippen MR) is 106 cm³/mol. The van der Waals surface area contributed by atoms with Gasteiger partial charge in [-0.3, -0.25) is 9.59 Å². The van der Waals surface area contributed by atoms with Gasteiger partial charge in [-0.15, -0.1) is 0 Å². The average molecular weight is 386 g/mol. The lowest BCUT2D eigenvalue weighted by Gasteiger charge is -2.56. The Labute approximate surface area is 167 Å². The Kier molecular flexibility index (Phi) is 5.35. The fraction of sp³-hybridized carbons (Fsp3) is 0.652. The Morgan fingerprint density at radius 1 is 1.00 bits per heavy atom. The predicted octanol–water partition coefficient (Wildman–Crippen LogP) is 3.80. The third kappa shape index (κ3) is 3.76. The standard InChI is InChI=1S/C23H31NO4/c1-27-20-5-3-16(4-6-20)15-24(8-7-21(25)28-2)22(26)23-12-17-9-18(13-23)11-19(10-17)14-23/h3-6,17-19H,7-15H2,1-2H3. The van der Waals surface area contributed by atoms with Crippen LogP contribution in [0.2, 0.25) is 0 Å². The van der Waals surface area contributed by atoms with Crippen molar-refractivity contribution in [3.05, 3.63) is 29.8 Å². The number of rotatable bonds is 7. The number of amides is 1. The van der Waals surface area contributed by atoms with Crippen LogP contribution in [0.4, 0.5) is 0 Å². The largest absolute Gasteiger partial charge is 0.497 e. The average Bonchev–Trinajstić information content (AvgIpc) is 2.69. The second-order valence-electron chi connectivity index (χ2n) is 9.10. The fourth-order valence-electron chi connectivity index (χ4n) is 6.24. The summed E-state index contributed by atoms with van der Waals surface area (Å²) in [5.74, 6) is 2.96. The molecule has 0 saturated heterocycles. The molecule has 0 radical (unpaired) electrons. The van der Waals surface area contributed by atoms with E-state index in [9.17, 15) is 9.59 Å². The van der Waals surface area contributed by atoms with Crippen molar-refractivity contribution < 1.29 is 19.1 Å². The van der Waals surface area contributed by atoms with E-state index in [1.807, 2.05) is 29.2 Å². The van der Waals surface area contributed by atoms with E-state index < -0.39 is 0 Å². The van der Waals surface area contributed by atoms with Gasteiger partial charge < -0.3 is 14.4 Å². The quantitative estimate of drug-likeness (QED) is 0.670. The van der Waals surface area contributed by atoms with Crippen molar-refractivity contribution >= 4 is 11.9 Å². The molecule has 28 heavy (non-hydrogen) atoms. The van der Waals surface area contributed by atoms with Gasteiger partial charge in [0, 0.05) is 13.1 Å². The Hall–Kier alpha value is -2.04. The van der Waals surface area contributed by atoms with Crippen LogP contribution >= 0.6 is 0 Å². The van der Waals surface area contributed by atoms with E-state index in [0.29, 0.717) is 13.1 Å². The molecule has 152 valence electrons. The topological polar surface area (TPSA) is 55.8 Å². The molecule has 1 amide bonds. The molecular weight excluding hydrogens is 354 g/mol.